The fourth-order valence-electron chi connectivity index (χ4n) is 3.18. The largest absolute Gasteiger partial charge is 0.482 e. The molecule has 160 valence electrons. The molecule has 1 aromatic carbocycles. The quantitative estimate of drug-likeness (QED) is 0.492. The summed E-state index contributed by atoms with van der Waals surface area (Å²) in [6.07, 6.45) is 0.764. The van der Waals surface area contributed by atoms with Gasteiger partial charge in [0.2, 0.25) is 0 Å². The van der Waals surface area contributed by atoms with E-state index in [9.17, 15) is 14.4 Å². The van der Waals surface area contributed by atoms with Crippen LogP contribution in [0.15, 0.2) is 30.5 Å². The molecule has 0 saturated carbocycles. The standard InChI is InChI=1S/C21H21FN6O3/c1-11(15-7-13(22)4-5-14(15)21(29)30-3)31-18-6-12(9-26-20(18)24)19-16(8-23)27-28-17(19)10-25-2/h4-7,9,11,25H,10H2,1-3H3,(H2,24,26)(H,27,28)/t11-/m1/s1. The van der Waals surface area contributed by atoms with E-state index >= 15 is 0 Å². The second-order valence-corrected chi connectivity index (χ2v) is 6.66. The number of carbonyl (C=O) groups excluding carboxylic acids is 1. The Morgan fingerprint density at radius 1 is 1.42 bits per heavy atom. The lowest BCUT2D eigenvalue weighted by Gasteiger charge is -2.19. The van der Waals surface area contributed by atoms with E-state index in [0.717, 1.165) is 0 Å². The minimum atomic E-state index is -0.749. The second kappa shape index (κ2) is 9.23. The van der Waals surface area contributed by atoms with Crippen molar-refractivity contribution in [2.75, 3.05) is 19.9 Å². The van der Waals surface area contributed by atoms with Crippen molar-refractivity contribution in [2.45, 2.75) is 19.6 Å². The monoisotopic (exact) mass is 424 g/mol. The van der Waals surface area contributed by atoms with Gasteiger partial charge in [-0.3, -0.25) is 5.10 Å². The molecule has 2 aromatic heterocycles. The van der Waals surface area contributed by atoms with Crippen molar-refractivity contribution in [1.29, 1.82) is 5.26 Å². The number of aromatic nitrogens is 3. The summed E-state index contributed by atoms with van der Waals surface area (Å²) in [7, 11) is 3.01. The van der Waals surface area contributed by atoms with Crippen LogP contribution >= 0.6 is 0 Å². The van der Waals surface area contributed by atoms with Crippen molar-refractivity contribution in [3.05, 3.63) is 58.8 Å². The predicted octanol–water partition coefficient (Wildman–Crippen LogP) is 2.71. The maximum Gasteiger partial charge on any atom is 0.338 e. The number of H-pyrrole nitrogens is 1. The van der Waals surface area contributed by atoms with E-state index in [1.165, 1.54) is 31.5 Å². The van der Waals surface area contributed by atoms with Crippen molar-refractivity contribution in [3.8, 4) is 22.9 Å². The molecule has 0 aliphatic heterocycles. The van der Waals surface area contributed by atoms with Crippen LogP contribution < -0.4 is 15.8 Å². The molecule has 0 aliphatic carbocycles. The van der Waals surface area contributed by atoms with Gasteiger partial charge < -0.3 is 20.5 Å². The van der Waals surface area contributed by atoms with Gasteiger partial charge >= 0.3 is 5.97 Å². The highest BCUT2D eigenvalue weighted by atomic mass is 19.1. The number of nitriles is 1. The maximum atomic E-state index is 13.9. The van der Waals surface area contributed by atoms with E-state index < -0.39 is 17.9 Å². The summed E-state index contributed by atoms with van der Waals surface area (Å²) in [6, 6.07) is 7.38. The first-order valence-corrected chi connectivity index (χ1v) is 9.31. The van der Waals surface area contributed by atoms with Crippen LogP contribution in [0.25, 0.3) is 11.1 Å². The Morgan fingerprint density at radius 3 is 2.87 bits per heavy atom. The summed E-state index contributed by atoms with van der Waals surface area (Å²) in [5.74, 6) is -0.819. The number of nitrogens with two attached hydrogens (primary N) is 1. The van der Waals surface area contributed by atoms with Gasteiger partial charge in [-0.15, -0.1) is 0 Å². The van der Waals surface area contributed by atoms with Crippen LogP contribution in [0.5, 0.6) is 5.75 Å². The molecule has 0 radical (unpaired) electrons. The zero-order valence-electron chi connectivity index (χ0n) is 17.2. The minimum absolute atomic E-state index is 0.101. The summed E-state index contributed by atoms with van der Waals surface area (Å²) >= 11 is 0. The number of nitrogens with one attached hydrogen (secondary N) is 2. The van der Waals surface area contributed by atoms with Gasteiger partial charge in [-0.25, -0.2) is 14.2 Å². The topological polar surface area (TPSA) is 139 Å². The fraction of sp³-hybridized carbons (Fsp3) is 0.238. The molecule has 0 bridgehead atoms. The molecule has 3 aromatic rings. The van der Waals surface area contributed by atoms with Gasteiger partial charge in [0.25, 0.3) is 0 Å². The Hall–Kier alpha value is -3.97. The highest BCUT2D eigenvalue weighted by Crippen LogP contribution is 2.34. The number of aromatic amines is 1. The molecule has 9 nitrogen and oxygen atoms in total. The van der Waals surface area contributed by atoms with E-state index in [4.69, 9.17) is 15.2 Å². The number of methoxy groups -OCH3 is 1. The summed E-state index contributed by atoms with van der Waals surface area (Å²) in [5.41, 5.74) is 8.51. The number of pyridine rings is 1. The van der Waals surface area contributed by atoms with Gasteiger partial charge in [0.1, 0.15) is 18.0 Å². The predicted molar refractivity (Wildman–Crippen MR) is 110 cm³/mol. The first kappa shape index (κ1) is 21.7. The molecule has 0 spiro atoms. The van der Waals surface area contributed by atoms with Crippen molar-refractivity contribution in [2.24, 2.45) is 0 Å². The van der Waals surface area contributed by atoms with Crippen LogP contribution in [0, 0.1) is 17.1 Å². The van der Waals surface area contributed by atoms with E-state index in [1.54, 1.807) is 20.0 Å². The Kier molecular flexibility index (Phi) is 6.47. The molecule has 2 heterocycles. The number of rotatable bonds is 7. The van der Waals surface area contributed by atoms with E-state index in [0.29, 0.717) is 28.9 Å². The third-order valence-electron chi connectivity index (χ3n) is 4.63. The van der Waals surface area contributed by atoms with Crippen LogP contribution in [0.2, 0.25) is 0 Å². The summed E-state index contributed by atoms with van der Waals surface area (Å²) < 4.78 is 24.6. The van der Waals surface area contributed by atoms with Crippen LogP contribution in [-0.4, -0.2) is 35.3 Å². The molecule has 10 heteroatoms. The number of halogens is 1. The van der Waals surface area contributed by atoms with Gasteiger partial charge in [-0.1, -0.05) is 0 Å². The minimum Gasteiger partial charge on any atom is -0.482 e. The average Bonchev–Trinajstić information content (AvgIpc) is 3.17. The molecule has 0 saturated heterocycles. The van der Waals surface area contributed by atoms with Gasteiger partial charge in [-0.05, 0) is 38.2 Å². The highest BCUT2D eigenvalue weighted by Gasteiger charge is 2.21. The number of hydrogen-bond acceptors (Lipinski definition) is 8. The average molecular weight is 424 g/mol. The lowest BCUT2D eigenvalue weighted by molar-refractivity contribution is 0.0595. The van der Waals surface area contributed by atoms with Crippen LogP contribution in [0.4, 0.5) is 10.2 Å². The van der Waals surface area contributed by atoms with Gasteiger partial charge in [0.15, 0.2) is 17.3 Å². The van der Waals surface area contributed by atoms with E-state index in [2.05, 4.69) is 20.5 Å². The van der Waals surface area contributed by atoms with Crippen molar-refractivity contribution in [3.63, 3.8) is 0 Å². The van der Waals surface area contributed by atoms with Crippen LogP contribution in [0.3, 0.4) is 0 Å². The number of hydrogen-bond donors (Lipinski definition) is 3. The zero-order valence-corrected chi connectivity index (χ0v) is 17.2. The van der Waals surface area contributed by atoms with E-state index in [1.807, 2.05) is 6.07 Å². The molecule has 0 fully saturated rings. The van der Waals surface area contributed by atoms with Crippen molar-refractivity contribution >= 4 is 11.8 Å². The molecule has 1 atom stereocenters. The molecule has 3 rings (SSSR count). The summed E-state index contributed by atoms with van der Waals surface area (Å²) in [5, 5.41) is 19.3. The molecule has 4 N–H and O–H groups in total. The van der Waals surface area contributed by atoms with Gasteiger partial charge in [-0.2, -0.15) is 10.4 Å². The van der Waals surface area contributed by atoms with Crippen LogP contribution in [-0.2, 0) is 11.3 Å². The Morgan fingerprint density at radius 2 is 2.19 bits per heavy atom. The molecular weight excluding hydrogens is 403 g/mol. The molecule has 0 unspecified atom stereocenters. The zero-order chi connectivity index (χ0) is 22.5. The van der Waals surface area contributed by atoms with Crippen LogP contribution in [0.1, 0.15) is 40.3 Å². The number of esters is 1. The van der Waals surface area contributed by atoms with Crippen molar-refractivity contribution < 1.29 is 18.7 Å². The molecular formula is C21H21FN6O3. The number of anilines is 1. The smallest absolute Gasteiger partial charge is 0.338 e. The third-order valence-corrected chi connectivity index (χ3v) is 4.63. The maximum absolute atomic E-state index is 13.9. The fourth-order valence-corrected chi connectivity index (χ4v) is 3.18. The van der Waals surface area contributed by atoms with E-state index in [-0.39, 0.29) is 22.8 Å². The number of nitrogens with zero attached hydrogens (tertiary/aromatic N) is 3. The lowest BCUT2D eigenvalue weighted by Crippen LogP contribution is -2.13. The second-order valence-electron chi connectivity index (χ2n) is 6.66. The lowest BCUT2D eigenvalue weighted by atomic mass is 10.0. The number of benzene rings is 1. The normalized spacial score (nSPS) is 11.6. The summed E-state index contributed by atoms with van der Waals surface area (Å²) in [4.78, 5) is 16.2. The molecule has 0 aliphatic rings. The number of nitrogen functional groups attached to an aromatic ring is 1. The van der Waals surface area contributed by atoms with Gasteiger partial charge in [0, 0.05) is 29.4 Å². The first-order chi connectivity index (χ1) is 14.9. The van der Waals surface area contributed by atoms with Gasteiger partial charge in [0.05, 0.1) is 18.4 Å². The molecule has 31 heavy (non-hydrogen) atoms. The first-order valence-electron chi connectivity index (χ1n) is 9.31. The Labute approximate surface area is 178 Å². The summed E-state index contributed by atoms with van der Waals surface area (Å²) in [6.45, 7) is 2.10. The van der Waals surface area contributed by atoms with Crippen molar-refractivity contribution in [1.82, 2.24) is 20.5 Å². The Balaban J connectivity index is 2.00. The molecule has 0 amide bonds. The number of ether oxygens (including phenoxy) is 2. The number of carbonyl (C=O) groups is 1. The SMILES string of the molecule is CNCc1[nH]nc(C#N)c1-c1cnc(N)c(O[C@H](C)c2cc(F)ccc2C(=O)OC)c1. The Bertz CT molecular complexity index is 1150. The third kappa shape index (κ3) is 4.46. The highest BCUT2D eigenvalue weighted by molar-refractivity contribution is 5.91.